The van der Waals surface area contributed by atoms with Gasteiger partial charge in [0, 0.05) is 43.4 Å². The van der Waals surface area contributed by atoms with Gasteiger partial charge in [0.25, 0.3) is 5.91 Å². The van der Waals surface area contributed by atoms with Crippen molar-refractivity contribution in [2.45, 2.75) is 13.8 Å². The molecule has 29 heavy (non-hydrogen) atoms. The highest BCUT2D eigenvalue weighted by Gasteiger charge is 2.42. The van der Waals surface area contributed by atoms with Gasteiger partial charge < -0.3 is 15.5 Å². The van der Waals surface area contributed by atoms with Gasteiger partial charge in [-0.05, 0) is 31.5 Å². The van der Waals surface area contributed by atoms with Crippen LogP contribution in [-0.4, -0.2) is 52.2 Å². The van der Waals surface area contributed by atoms with Crippen LogP contribution in [0.15, 0.2) is 18.2 Å². The van der Waals surface area contributed by atoms with Crippen LogP contribution in [0.3, 0.4) is 0 Å². The number of thiophene rings is 1. The molecule has 2 atom stereocenters. The Hall–Kier alpha value is -2.81. The first-order chi connectivity index (χ1) is 13.9. The average Bonchev–Trinajstić information content (AvgIpc) is 3.36. The van der Waals surface area contributed by atoms with E-state index in [2.05, 4.69) is 20.1 Å². The highest BCUT2D eigenvalue weighted by Crippen LogP contribution is 2.38. The van der Waals surface area contributed by atoms with Crippen molar-refractivity contribution in [3.05, 3.63) is 40.3 Å². The van der Waals surface area contributed by atoms with E-state index in [0.717, 1.165) is 29.7 Å². The lowest BCUT2D eigenvalue weighted by molar-refractivity contribution is 0.0788. The van der Waals surface area contributed by atoms with Gasteiger partial charge in [-0.25, -0.2) is 4.98 Å². The summed E-state index contributed by atoms with van der Waals surface area (Å²) in [6.45, 7) is 6.74. The summed E-state index contributed by atoms with van der Waals surface area (Å²) in [5.74, 6) is 0.861. The smallest absolute Gasteiger partial charge is 0.266 e. The van der Waals surface area contributed by atoms with Gasteiger partial charge in [0.15, 0.2) is 0 Å². The Morgan fingerprint density at radius 2 is 1.90 bits per heavy atom. The molecular weight excluding hydrogens is 391 g/mol. The molecule has 0 radical (unpaired) electrons. The van der Waals surface area contributed by atoms with E-state index in [9.17, 15) is 9.18 Å². The van der Waals surface area contributed by atoms with E-state index in [1.165, 1.54) is 17.4 Å². The Morgan fingerprint density at radius 3 is 2.59 bits per heavy atom. The number of fused-ring (bicyclic) bond motifs is 2. The molecule has 3 aromatic rings. The van der Waals surface area contributed by atoms with Crippen molar-refractivity contribution >= 4 is 39.0 Å². The van der Waals surface area contributed by atoms with Gasteiger partial charge in [-0.1, -0.05) is 6.07 Å². The summed E-state index contributed by atoms with van der Waals surface area (Å²) in [5.41, 5.74) is 8.65. The second-order valence-electron chi connectivity index (χ2n) is 7.89. The molecule has 2 N–H and O–H groups in total. The van der Waals surface area contributed by atoms with Crippen LogP contribution in [-0.2, 0) is 0 Å². The van der Waals surface area contributed by atoms with Crippen LogP contribution in [0, 0.1) is 31.6 Å². The molecule has 2 aliphatic heterocycles. The number of nitrogens with two attached hydrogens (primary N) is 1. The number of carbonyl (C=O) groups excluding carboxylic acids is 1. The zero-order valence-corrected chi connectivity index (χ0v) is 17.0. The van der Waals surface area contributed by atoms with Crippen LogP contribution < -0.4 is 10.6 Å². The monoisotopic (exact) mass is 412 g/mol. The number of amides is 1. The van der Waals surface area contributed by atoms with Crippen molar-refractivity contribution in [3.63, 3.8) is 0 Å². The van der Waals surface area contributed by atoms with Crippen molar-refractivity contribution in [1.82, 2.24) is 20.1 Å². The fourth-order valence-corrected chi connectivity index (χ4v) is 5.53. The fourth-order valence-electron chi connectivity index (χ4n) is 4.46. The van der Waals surface area contributed by atoms with Gasteiger partial charge in [0.1, 0.15) is 15.5 Å². The number of hydrogen-bond acceptors (Lipinski definition) is 7. The van der Waals surface area contributed by atoms with Crippen LogP contribution in [0.25, 0.3) is 10.2 Å². The van der Waals surface area contributed by atoms with Crippen LogP contribution >= 0.6 is 11.3 Å². The van der Waals surface area contributed by atoms with Crippen molar-refractivity contribution in [3.8, 4) is 0 Å². The molecule has 2 unspecified atom stereocenters. The first-order valence-corrected chi connectivity index (χ1v) is 10.4. The third kappa shape index (κ3) is 2.91. The number of nitrogen functional groups attached to an aromatic ring is 1. The molecule has 3 aromatic heterocycles. The van der Waals surface area contributed by atoms with Crippen LogP contribution in [0.4, 0.5) is 15.9 Å². The Kier molecular flexibility index (Phi) is 4.16. The summed E-state index contributed by atoms with van der Waals surface area (Å²) in [6.07, 6.45) is 0. The van der Waals surface area contributed by atoms with Gasteiger partial charge >= 0.3 is 0 Å². The highest BCUT2D eigenvalue weighted by atomic mass is 32.1. The van der Waals surface area contributed by atoms with Crippen molar-refractivity contribution in [2.75, 3.05) is 36.8 Å². The van der Waals surface area contributed by atoms with Crippen LogP contribution in [0.2, 0.25) is 0 Å². The molecule has 150 valence electrons. The third-order valence-corrected chi connectivity index (χ3v) is 7.20. The lowest BCUT2D eigenvalue weighted by atomic mass is 10.0. The van der Waals surface area contributed by atoms with Gasteiger partial charge in [-0.3, -0.25) is 4.79 Å². The number of anilines is 2. The zero-order valence-electron chi connectivity index (χ0n) is 16.2. The first kappa shape index (κ1) is 18.2. The van der Waals surface area contributed by atoms with E-state index in [-0.39, 0.29) is 5.91 Å². The third-order valence-electron chi connectivity index (χ3n) is 6.13. The standard InChI is InChI=1S/C20H21FN6OS/c1-10-11(2)24-25-19-16(10)17(22)18(29-19)20(28)27-8-12-6-26(7-13(12)9-27)15-5-3-4-14(21)23-15/h3-5,12-13H,6-9,22H2,1-2H3. The number of pyridine rings is 1. The fraction of sp³-hybridized carbons (Fsp3) is 0.400. The molecular formula is C20H21FN6OS. The van der Waals surface area contributed by atoms with Crippen molar-refractivity contribution in [2.24, 2.45) is 11.8 Å². The van der Waals surface area contributed by atoms with Crippen LogP contribution in [0.1, 0.15) is 20.9 Å². The van der Waals surface area contributed by atoms with E-state index in [1.54, 1.807) is 6.07 Å². The molecule has 0 spiro atoms. The topological polar surface area (TPSA) is 88.2 Å². The minimum absolute atomic E-state index is 0.0348. The van der Waals surface area contributed by atoms with Gasteiger partial charge in [-0.2, -0.15) is 9.49 Å². The molecule has 2 saturated heterocycles. The Morgan fingerprint density at radius 1 is 1.17 bits per heavy atom. The lowest BCUT2D eigenvalue weighted by Gasteiger charge is -2.22. The molecule has 5 heterocycles. The normalized spacial score (nSPS) is 21.2. The van der Waals surface area contributed by atoms with Crippen molar-refractivity contribution in [1.29, 1.82) is 0 Å². The SMILES string of the molecule is Cc1nnc2sc(C(=O)N3CC4CN(c5cccc(F)n5)CC4C3)c(N)c2c1C. The molecule has 2 aliphatic rings. The van der Waals surface area contributed by atoms with E-state index < -0.39 is 5.95 Å². The van der Waals surface area contributed by atoms with E-state index >= 15 is 0 Å². The molecule has 5 rings (SSSR count). The van der Waals surface area contributed by atoms with Gasteiger partial charge in [-0.15, -0.1) is 16.4 Å². The highest BCUT2D eigenvalue weighted by molar-refractivity contribution is 7.21. The van der Waals surface area contributed by atoms with E-state index in [4.69, 9.17) is 5.73 Å². The zero-order chi connectivity index (χ0) is 20.3. The minimum Gasteiger partial charge on any atom is -0.397 e. The molecule has 7 nitrogen and oxygen atoms in total. The number of likely N-dealkylation sites (tertiary alicyclic amines) is 1. The van der Waals surface area contributed by atoms with Gasteiger partial charge in [0.2, 0.25) is 5.95 Å². The summed E-state index contributed by atoms with van der Waals surface area (Å²) in [4.78, 5) is 22.4. The quantitative estimate of drug-likeness (QED) is 0.651. The van der Waals surface area contributed by atoms with E-state index in [1.807, 2.05) is 24.8 Å². The molecule has 0 aliphatic carbocycles. The summed E-state index contributed by atoms with van der Waals surface area (Å²) < 4.78 is 13.4. The molecule has 9 heteroatoms. The molecule has 0 bridgehead atoms. The number of halogens is 1. The predicted octanol–water partition coefficient (Wildman–Crippen LogP) is 2.63. The Labute approximate surface area is 171 Å². The molecule has 0 aromatic carbocycles. The number of aryl methyl sites for hydroxylation is 2. The average molecular weight is 412 g/mol. The van der Waals surface area contributed by atoms with Gasteiger partial charge in [0.05, 0.1) is 11.4 Å². The number of nitrogens with zero attached hydrogens (tertiary/aromatic N) is 5. The Bertz CT molecular complexity index is 1120. The Balaban J connectivity index is 1.35. The summed E-state index contributed by atoms with van der Waals surface area (Å²) in [7, 11) is 0. The maximum Gasteiger partial charge on any atom is 0.266 e. The van der Waals surface area contributed by atoms with Crippen LogP contribution in [0.5, 0.6) is 0 Å². The maximum absolute atomic E-state index is 13.4. The molecule has 0 saturated carbocycles. The largest absolute Gasteiger partial charge is 0.397 e. The number of aromatic nitrogens is 3. The maximum atomic E-state index is 13.4. The number of rotatable bonds is 2. The second kappa shape index (κ2) is 6.62. The first-order valence-electron chi connectivity index (χ1n) is 9.61. The number of carbonyl (C=O) groups is 1. The summed E-state index contributed by atoms with van der Waals surface area (Å²) in [5, 5.41) is 9.20. The van der Waals surface area contributed by atoms with Crippen molar-refractivity contribution < 1.29 is 9.18 Å². The second-order valence-corrected chi connectivity index (χ2v) is 8.89. The molecule has 2 fully saturated rings. The molecule has 1 amide bonds. The lowest BCUT2D eigenvalue weighted by Crippen LogP contribution is -2.33. The minimum atomic E-state index is -0.467. The van der Waals surface area contributed by atoms with E-state index in [0.29, 0.717) is 46.1 Å². The number of hydrogen-bond donors (Lipinski definition) is 1. The predicted molar refractivity (Wildman–Crippen MR) is 111 cm³/mol. The summed E-state index contributed by atoms with van der Waals surface area (Å²) in [6, 6.07) is 4.86. The summed E-state index contributed by atoms with van der Waals surface area (Å²) >= 11 is 1.32.